The Hall–Kier alpha value is -0.480. The second kappa shape index (κ2) is 3.28. The molecule has 0 aliphatic heterocycles. The average Bonchev–Trinajstić information content (AvgIpc) is 2.02. The summed E-state index contributed by atoms with van der Waals surface area (Å²) in [5, 5.41) is 9.84. The molecule has 2 unspecified atom stereocenters. The zero-order valence-electron chi connectivity index (χ0n) is 7.35. The van der Waals surface area contributed by atoms with Crippen molar-refractivity contribution in [1.29, 1.82) is 0 Å². The molecule has 0 heterocycles. The van der Waals surface area contributed by atoms with Gasteiger partial charge in [0.25, 0.3) is 0 Å². The number of aliphatic hydroxyl groups is 1. The first-order valence-corrected chi connectivity index (χ1v) is 4.31. The molecular weight excluding hydrogens is 136 g/mol. The molecule has 62 valence electrons. The van der Waals surface area contributed by atoms with Crippen LogP contribution in [0.2, 0.25) is 0 Å². The summed E-state index contributed by atoms with van der Waals surface area (Å²) in [7, 11) is 0. The second-order valence-corrected chi connectivity index (χ2v) is 3.47. The highest BCUT2D eigenvalue weighted by Crippen LogP contribution is 2.41. The van der Waals surface area contributed by atoms with Gasteiger partial charge in [-0.25, -0.2) is 0 Å². The summed E-state index contributed by atoms with van der Waals surface area (Å²) < 4.78 is 0. The summed E-state index contributed by atoms with van der Waals surface area (Å²) in [6, 6.07) is 0. The van der Waals surface area contributed by atoms with E-state index in [1.54, 1.807) is 0 Å². The Morgan fingerprint density at radius 3 is 2.73 bits per heavy atom. The third-order valence-electron chi connectivity index (χ3n) is 2.79. The second-order valence-electron chi connectivity index (χ2n) is 3.47. The minimum absolute atomic E-state index is 0.371. The molecule has 0 bridgehead atoms. The van der Waals surface area contributed by atoms with Gasteiger partial charge in [0.1, 0.15) is 0 Å². The topological polar surface area (TPSA) is 20.2 Å². The standard InChI is InChI=1S/C10H16O/c1-3-4-5-7-10(11)8-6-9(10)2/h9,11H,5-8H2,1-2H3. The van der Waals surface area contributed by atoms with Crippen LogP contribution < -0.4 is 0 Å². The Balaban J connectivity index is 2.28. The molecule has 0 aromatic heterocycles. The molecule has 1 heteroatoms. The molecule has 0 aromatic rings. The average molecular weight is 152 g/mol. The molecule has 1 aliphatic rings. The van der Waals surface area contributed by atoms with Crippen LogP contribution in [0.4, 0.5) is 0 Å². The lowest BCUT2D eigenvalue weighted by molar-refractivity contribution is -0.0908. The summed E-state index contributed by atoms with van der Waals surface area (Å²) in [6.45, 7) is 3.96. The highest BCUT2D eigenvalue weighted by Gasteiger charge is 2.40. The summed E-state index contributed by atoms with van der Waals surface area (Å²) in [4.78, 5) is 0. The molecule has 1 saturated carbocycles. The van der Waals surface area contributed by atoms with Gasteiger partial charge in [0.05, 0.1) is 5.60 Å². The van der Waals surface area contributed by atoms with Crippen LogP contribution in [0, 0.1) is 17.8 Å². The SMILES string of the molecule is CC#CCCC1(O)CCC1C. The molecule has 1 rings (SSSR count). The molecule has 0 spiro atoms. The molecular formula is C10H16O. The van der Waals surface area contributed by atoms with E-state index < -0.39 is 0 Å². The van der Waals surface area contributed by atoms with Gasteiger partial charge in [0.2, 0.25) is 0 Å². The number of rotatable bonds is 2. The molecule has 11 heavy (non-hydrogen) atoms. The monoisotopic (exact) mass is 152 g/mol. The zero-order chi connectivity index (χ0) is 8.32. The van der Waals surface area contributed by atoms with Crippen molar-refractivity contribution in [1.82, 2.24) is 0 Å². The van der Waals surface area contributed by atoms with E-state index in [1.165, 1.54) is 6.42 Å². The van der Waals surface area contributed by atoms with Crippen LogP contribution in [-0.4, -0.2) is 10.7 Å². The number of hydrogen-bond acceptors (Lipinski definition) is 1. The molecule has 1 N–H and O–H groups in total. The molecule has 2 atom stereocenters. The zero-order valence-corrected chi connectivity index (χ0v) is 7.35. The highest BCUT2D eigenvalue weighted by molar-refractivity contribution is 5.00. The highest BCUT2D eigenvalue weighted by atomic mass is 16.3. The fourth-order valence-corrected chi connectivity index (χ4v) is 1.54. The Bertz CT molecular complexity index is 187. The van der Waals surface area contributed by atoms with Crippen LogP contribution in [0.15, 0.2) is 0 Å². The smallest absolute Gasteiger partial charge is 0.0682 e. The van der Waals surface area contributed by atoms with Crippen LogP contribution in [0.25, 0.3) is 0 Å². The van der Waals surface area contributed by atoms with E-state index in [4.69, 9.17) is 0 Å². The van der Waals surface area contributed by atoms with Crippen molar-refractivity contribution in [3.05, 3.63) is 0 Å². The fraction of sp³-hybridized carbons (Fsp3) is 0.800. The molecule has 0 radical (unpaired) electrons. The van der Waals surface area contributed by atoms with Gasteiger partial charge >= 0.3 is 0 Å². The minimum atomic E-state index is -0.371. The largest absolute Gasteiger partial charge is 0.390 e. The Morgan fingerprint density at radius 1 is 1.64 bits per heavy atom. The minimum Gasteiger partial charge on any atom is -0.390 e. The van der Waals surface area contributed by atoms with Gasteiger partial charge in [-0.3, -0.25) is 0 Å². The van der Waals surface area contributed by atoms with Crippen LogP contribution in [0.3, 0.4) is 0 Å². The third kappa shape index (κ3) is 1.75. The van der Waals surface area contributed by atoms with Crippen LogP contribution in [-0.2, 0) is 0 Å². The van der Waals surface area contributed by atoms with Crippen molar-refractivity contribution in [2.75, 3.05) is 0 Å². The Morgan fingerprint density at radius 2 is 2.36 bits per heavy atom. The summed E-state index contributed by atoms with van der Waals surface area (Å²) >= 11 is 0. The van der Waals surface area contributed by atoms with Crippen molar-refractivity contribution >= 4 is 0 Å². The van der Waals surface area contributed by atoms with Crippen molar-refractivity contribution in [2.24, 2.45) is 5.92 Å². The molecule has 0 saturated heterocycles. The lowest BCUT2D eigenvalue weighted by atomic mass is 9.68. The summed E-state index contributed by atoms with van der Waals surface area (Å²) in [5.41, 5.74) is -0.371. The van der Waals surface area contributed by atoms with Gasteiger partial charge in [-0.2, -0.15) is 0 Å². The predicted octanol–water partition coefficient (Wildman–Crippen LogP) is 1.95. The molecule has 1 aliphatic carbocycles. The van der Waals surface area contributed by atoms with Crippen LogP contribution >= 0.6 is 0 Å². The van der Waals surface area contributed by atoms with E-state index in [0.29, 0.717) is 5.92 Å². The quantitative estimate of drug-likeness (QED) is 0.600. The van der Waals surface area contributed by atoms with E-state index in [1.807, 2.05) is 6.92 Å². The first-order chi connectivity index (χ1) is 5.19. The van der Waals surface area contributed by atoms with Crippen molar-refractivity contribution < 1.29 is 5.11 Å². The van der Waals surface area contributed by atoms with Crippen molar-refractivity contribution in [2.45, 2.75) is 45.1 Å². The summed E-state index contributed by atoms with van der Waals surface area (Å²) in [6.07, 6.45) is 3.85. The lowest BCUT2D eigenvalue weighted by Crippen LogP contribution is -2.45. The van der Waals surface area contributed by atoms with Crippen molar-refractivity contribution in [3.8, 4) is 11.8 Å². The van der Waals surface area contributed by atoms with E-state index in [2.05, 4.69) is 18.8 Å². The van der Waals surface area contributed by atoms with Crippen molar-refractivity contribution in [3.63, 3.8) is 0 Å². The third-order valence-corrected chi connectivity index (χ3v) is 2.79. The van der Waals surface area contributed by atoms with Gasteiger partial charge in [-0.05, 0) is 32.1 Å². The number of hydrogen-bond donors (Lipinski definition) is 1. The van der Waals surface area contributed by atoms with E-state index >= 15 is 0 Å². The van der Waals surface area contributed by atoms with E-state index in [-0.39, 0.29) is 5.60 Å². The van der Waals surface area contributed by atoms with Gasteiger partial charge in [-0.15, -0.1) is 11.8 Å². The normalized spacial score (nSPS) is 35.4. The molecule has 0 amide bonds. The van der Waals surface area contributed by atoms with Gasteiger partial charge < -0.3 is 5.11 Å². The molecule has 1 fully saturated rings. The lowest BCUT2D eigenvalue weighted by Gasteiger charge is -2.43. The first-order valence-electron chi connectivity index (χ1n) is 4.31. The maximum absolute atomic E-state index is 9.84. The molecule has 0 aromatic carbocycles. The van der Waals surface area contributed by atoms with Gasteiger partial charge in [-0.1, -0.05) is 6.92 Å². The molecule has 1 nitrogen and oxygen atoms in total. The first kappa shape index (κ1) is 8.62. The van der Waals surface area contributed by atoms with Gasteiger partial charge in [0, 0.05) is 6.42 Å². The van der Waals surface area contributed by atoms with Gasteiger partial charge in [0.15, 0.2) is 0 Å². The Kier molecular flexibility index (Phi) is 2.57. The Labute approximate surface area is 68.8 Å². The van der Waals surface area contributed by atoms with Crippen LogP contribution in [0.1, 0.15) is 39.5 Å². The van der Waals surface area contributed by atoms with E-state index in [0.717, 1.165) is 19.3 Å². The maximum Gasteiger partial charge on any atom is 0.0682 e. The predicted molar refractivity (Wildman–Crippen MR) is 46.0 cm³/mol. The maximum atomic E-state index is 9.84. The van der Waals surface area contributed by atoms with Crippen LogP contribution in [0.5, 0.6) is 0 Å². The fourth-order valence-electron chi connectivity index (χ4n) is 1.54. The van der Waals surface area contributed by atoms with E-state index in [9.17, 15) is 5.11 Å². The summed E-state index contributed by atoms with van der Waals surface area (Å²) in [5.74, 6) is 6.31.